The zero-order valence-corrected chi connectivity index (χ0v) is 8.88. The first-order valence-electron chi connectivity index (χ1n) is 2.88. The van der Waals surface area contributed by atoms with E-state index in [1.807, 2.05) is 31.4 Å². The molecule has 0 N–H and O–H groups in total. The van der Waals surface area contributed by atoms with Gasteiger partial charge in [0.05, 0.1) is 0 Å². The van der Waals surface area contributed by atoms with Crippen LogP contribution in [-0.2, 0) is 0 Å². The Bertz CT molecular complexity index is 65.2. The van der Waals surface area contributed by atoms with Crippen LogP contribution in [0.2, 0.25) is 0 Å². The lowest BCUT2D eigenvalue weighted by Gasteiger charge is -2.15. The van der Waals surface area contributed by atoms with Crippen molar-refractivity contribution in [1.82, 2.24) is 0 Å². The van der Waals surface area contributed by atoms with Crippen molar-refractivity contribution >= 4 is 31.4 Å². The van der Waals surface area contributed by atoms with Crippen molar-refractivity contribution in [2.24, 2.45) is 5.41 Å². The number of rotatable bonds is 3. The van der Waals surface area contributed by atoms with Crippen LogP contribution < -0.4 is 0 Å². The molecule has 0 spiro atoms. The van der Waals surface area contributed by atoms with Gasteiger partial charge in [0.2, 0.25) is 0 Å². The zero-order valence-electron chi connectivity index (χ0n) is 6.43. The van der Waals surface area contributed by atoms with Crippen LogP contribution in [0.3, 0.4) is 0 Å². The maximum atomic E-state index is 2.26. The molecule has 0 atom stereocenters. The summed E-state index contributed by atoms with van der Waals surface area (Å²) in [6.07, 6.45) is 2.11. The Morgan fingerprint density at radius 1 is 1.22 bits per heavy atom. The molecule has 0 saturated carbocycles. The summed E-state index contributed by atoms with van der Waals surface area (Å²) in [6, 6.07) is 0. The average molecular weight is 182 g/mol. The Morgan fingerprint density at radius 3 is 2.11 bits per heavy atom. The molecule has 56 valence electrons. The lowest BCUT2D eigenvalue weighted by Crippen LogP contribution is -2.06. The zero-order chi connectivity index (χ0) is 7.33. The highest BCUT2D eigenvalue weighted by atomic mass is 33.5. The van der Waals surface area contributed by atoms with Gasteiger partial charge in [-0.25, -0.2) is 0 Å². The van der Waals surface area contributed by atoms with Gasteiger partial charge in [0.1, 0.15) is 0 Å². The van der Waals surface area contributed by atoms with Crippen molar-refractivity contribution in [3.63, 3.8) is 0 Å². The maximum Gasteiger partial charge on any atom is 0.00939 e. The van der Waals surface area contributed by atoms with E-state index in [0.717, 1.165) is 0 Å². The van der Waals surface area contributed by atoms with E-state index in [2.05, 4.69) is 27.0 Å². The Hall–Kier alpha value is 1.05. The molecule has 0 aliphatic heterocycles. The van der Waals surface area contributed by atoms with Crippen molar-refractivity contribution in [2.45, 2.75) is 20.8 Å². The lowest BCUT2D eigenvalue weighted by atomic mass is 10.0. The molecule has 0 aromatic heterocycles. The summed E-state index contributed by atoms with van der Waals surface area (Å²) in [7, 11) is 5.63. The van der Waals surface area contributed by atoms with Crippen LogP contribution in [0.5, 0.6) is 0 Å². The molecule has 0 radical (unpaired) electrons. The highest BCUT2D eigenvalue weighted by Crippen LogP contribution is 2.36. The SMILES string of the molecule is CSSSCC(C)(C)C. The lowest BCUT2D eigenvalue weighted by molar-refractivity contribution is 0.482. The minimum Gasteiger partial charge on any atom is -0.0860 e. The molecule has 0 heterocycles. The fourth-order valence-electron chi connectivity index (χ4n) is 0.249. The summed E-state index contributed by atoms with van der Waals surface area (Å²) in [5, 5.41) is 0. The van der Waals surface area contributed by atoms with Gasteiger partial charge in [-0.05, 0) is 21.5 Å². The Kier molecular flexibility index (Phi) is 5.36. The first-order valence-corrected chi connectivity index (χ1v) is 6.94. The normalized spacial score (nSPS) is 12.0. The summed E-state index contributed by atoms with van der Waals surface area (Å²) < 4.78 is 0. The van der Waals surface area contributed by atoms with E-state index in [1.54, 1.807) is 0 Å². The van der Waals surface area contributed by atoms with E-state index in [0.29, 0.717) is 5.41 Å². The highest BCUT2D eigenvalue weighted by Gasteiger charge is 2.09. The predicted octanol–water partition coefficient (Wildman–Crippen LogP) is 3.69. The third-order valence-corrected chi connectivity index (χ3v) is 4.97. The molecule has 0 rings (SSSR count). The van der Waals surface area contributed by atoms with E-state index >= 15 is 0 Å². The molecule has 0 aromatic carbocycles. The van der Waals surface area contributed by atoms with Crippen molar-refractivity contribution in [2.75, 3.05) is 12.0 Å². The van der Waals surface area contributed by atoms with Gasteiger partial charge in [0, 0.05) is 5.75 Å². The van der Waals surface area contributed by atoms with Crippen LogP contribution in [0.4, 0.5) is 0 Å². The molecule has 9 heavy (non-hydrogen) atoms. The quantitative estimate of drug-likeness (QED) is 0.482. The Labute approximate surface area is 69.7 Å². The van der Waals surface area contributed by atoms with Crippen molar-refractivity contribution in [3.8, 4) is 0 Å². The molecule has 0 nitrogen and oxygen atoms in total. The van der Waals surface area contributed by atoms with Gasteiger partial charge >= 0.3 is 0 Å². The fourth-order valence-corrected chi connectivity index (χ4v) is 3.54. The van der Waals surface area contributed by atoms with Crippen LogP contribution in [0, 0.1) is 5.41 Å². The molecule has 0 bridgehead atoms. The fraction of sp³-hybridized carbons (Fsp3) is 1.00. The van der Waals surface area contributed by atoms with Gasteiger partial charge in [-0.1, -0.05) is 42.4 Å². The monoisotopic (exact) mass is 182 g/mol. The van der Waals surface area contributed by atoms with Gasteiger partial charge in [-0.3, -0.25) is 0 Å². The van der Waals surface area contributed by atoms with Crippen LogP contribution in [0.1, 0.15) is 20.8 Å². The van der Waals surface area contributed by atoms with Gasteiger partial charge < -0.3 is 0 Å². The Balaban J connectivity index is 3.07. The summed E-state index contributed by atoms with van der Waals surface area (Å²) in [5.74, 6) is 1.23. The molecule has 0 aliphatic carbocycles. The van der Waals surface area contributed by atoms with Crippen LogP contribution in [0.25, 0.3) is 0 Å². The highest BCUT2D eigenvalue weighted by molar-refractivity contribution is 9.09. The summed E-state index contributed by atoms with van der Waals surface area (Å²) >= 11 is 0. The maximum absolute atomic E-state index is 2.26. The van der Waals surface area contributed by atoms with Crippen LogP contribution >= 0.6 is 31.4 Å². The second-order valence-corrected chi connectivity index (χ2v) is 7.39. The minimum atomic E-state index is 0.480. The van der Waals surface area contributed by atoms with E-state index in [4.69, 9.17) is 0 Å². The predicted molar refractivity (Wildman–Crippen MR) is 53.0 cm³/mol. The van der Waals surface area contributed by atoms with Crippen LogP contribution in [0.15, 0.2) is 0 Å². The van der Waals surface area contributed by atoms with Gasteiger partial charge in [0.25, 0.3) is 0 Å². The van der Waals surface area contributed by atoms with E-state index < -0.39 is 0 Å². The van der Waals surface area contributed by atoms with Crippen molar-refractivity contribution in [3.05, 3.63) is 0 Å². The molecule has 0 unspecified atom stereocenters. The van der Waals surface area contributed by atoms with Gasteiger partial charge in [-0.2, -0.15) is 0 Å². The third-order valence-electron chi connectivity index (χ3n) is 0.608. The second-order valence-electron chi connectivity index (χ2n) is 3.06. The summed E-state index contributed by atoms with van der Waals surface area (Å²) in [6.45, 7) is 6.79. The Morgan fingerprint density at radius 2 is 1.78 bits per heavy atom. The van der Waals surface area contributed by atoms with E-state index in [9.17, 15) is 0 Å². The summed E-state index contributed by atoms with van der Waals surface area (Å²) in [4.78, 5) is 0. The molecule has 0 amide bonds. The smallest absolute Gasteiger partial charge is 0.00939 e. The molecule has 3 heteroatoms. The molecule has 0 fully saturated rings. The number of hydrogen-bond acceptors (Lipinski definition) is 3. The molecule has 0 saturated heterocycles. The standard InChI is InChI=1S/C6H14S3/c1-6(2,3)5-8-9-7-4/h5H2,1-4H3. The van der Waals surface area contributed by atoms with Gasteiger partial charge in [-0.15, -0.1) is 0 Å². The molecule has 0 aliphatic rings. The second kappa shape index (κ2) is 4.80. The van der Waals surface area contributed by atoms with Gasteiger partial charge in [0.15, 0.2) is 0 Å². The number of hydrogen-bond donors (Lipinski definition) is 0. The molecule has 0 aromatic rings. The van der Waals surface area contributed by atoms with E-state index in [1.165, 1.54) is 5.75 Å². The molecular weight excluding hydrogens is 168 g/mol. The summed E-state index contributed by atoms with van der Waals surface area (Å²) in [5.41, 5.74) is 0.480. The first kappa shape index (κ1) is 10.0. The van der Waals surface area contributed by atoms with E-state index in [-0.39, 0.29) is 0 Å². The molecular formula is C6H14S3. The van der Waals surface area contributed by atoms with Crippen molar-refractivity contribution in [1.29, 1.82) is 0 Å². The first-order chi connectivity index (χ1) is 4.06. The van der Waals surface area contributed by atoms with Crippen LogP contribution in [-0.4, -0.2) is 12.0 Å². The topological polar surface area (TPSA) is 0 Å². The minimum absolute atomic E-state index is 0.480. The largest absolute Gasteiger partial charge is 0.0860 e. The van der Waals surface area contributed by atoms with Crippen molar-refractivity contribution < 1.29 is 0 Å². The third kappa shape index (κ3) is 9.05. The average Bonchev–Trinajstić information content (AvgIpc) is 1.63.